The van der Waals surface area contributed by atoms with Gasteiger partial charge in [-0.3, -0.25) is 0 Å². The molecule has 14 heavy (non-hydrogen) atoms. The van der Waals surface area contributed by atoms with Gasteiger partial charge in [0.05, 0.1) is 10.0 Å². The van der Waals surface area contributed by atoms with Crippen molar-refractivity contribution >= 4 is 23.2 Å². The number of hydrogen-bond donors (Lipinski definition) is 1. The second-order valence-corrected chi connectivity index (χ2v) is 4.36. The summed E-state index contributed by atoms with van der Waals surface area (Å²) in [5, 5.41) is 4.85. The lowest BCUT2D eigenvalue weighted by molar-refractivity contribution is 0.549. The van der Waals surface area contributed by atoms with Gasteiger partial charge in [0.25, 0.3) is 0 Å². The molecule has 1 nitrogen and oxygen atoms in total. The summed E-state index contributed by atoms with van der Waals surface area (Å²) in [6.45, 7) is 3.11. The van der Waals surface area contributed by atoms with Gasteiger partial charge in [0.1, 0.15) is 0 Å². The van der Waals surface area contributed by atoms with Gasteiger partial charge in [-0.05, 0) is 36.6 Å². The zero-order valence-corrected chi connectivity index (χ0v) is 9.62. The van der Waals surface area contributed by atoms with E-state index < -0.39 is 0 Å². The molecular weight excluding hydrogens is 217 g/mol. The second-order valence-electron chi connectivity index (χ2n) is 3.58. The van der Waals surface area contributed by atoms with Crippen LogP contribution in [0.3, 0.4) is 0 Å². The van der Waals surface area contributed by atoms with E-state index in [0.717, 1.165) is 24.4 Å². The van der Waals surface area contributed by atoms with Crippen LogP contribution in [0.1, 0.15) is 30.5 Å². The molecule has 1 N–H and O–H groups in total. The lowest BCUT2D eigenvalue weighted by Gasteiger charge is -2.12. The fourth-order valence-corrected chi connectivity index (χ4v) is 2.53. The van der Waals surface area contributed by atoms with Gasteiger partial charge in [0.15, 0.2) is 0 Å². The molecule has 1 aromatic carbocycles. The van der Waals surface area contributed by atoms with Gasteiger partial charge in [-0.15, -0.1) is 0 Å². The third-order valence-corrected chi connectivity index (χ3v) is 3.58. The van der Waals surface area contributed by atoms with E-state index in [0.29, 0.717) is 11.1 Å². The van der Waals surface area contributed by atoms with Gasteiger partial charge in [-0.2, -0.15) is 0 Å². The van der Waals surface area contributed by atoms with Crippen LogP contribution < -0.4 is 5.32 Å². The first-order valence-electron chi connectivity index (χ1n) is 4.94. The Balaban J connectivity index is 2.37. The van der Waals surface area contributed by atoms with Crippen molar-refractivity contribution in [3.8, 4) is 0 Å². The van der Waals surface area contributed by atoms with Crippen LogP contribution in [0.15, 0.2) is 12.1 Å². The molecule has 1 aliphatic rings. The Morgan fingerprint density at radius 2 is 2.21 bits per heavy atom. The first-order chi connectivity index (χ1) is 6.74. The van der Waals surface area contributed by atoms with E-state index in [1.807, 2.05) is 6.07 Å². The van der Waals surface area contributed by atoms with E-state index in [4.69, 9.17) is 23.2 Å². The molecule has 0 radical (unpaired) electrons. The largest absolute Gasteiger partial charge is 0.310 e. The van der Waals surface area contributed by atoms with Crippen molar-refractivity contribution in [1.82, 2.24) is 5.32 Å². The van der Waals surface area contributed by atoms with Crippen molar-refractivity contribution in [1.29, 1.82) is 0 Å². The zero-order valence-electron chi connectivity index (χ0n) is 8.11. The van der Waals surface area contributed by atoms with E-state index in [1.54, 1.807) is 0 Å². The molecule has 1 atom stereocenters. The molecular formula is C11H13Cl2N. The van der Waals surface area contributed by atoms with Crippen molar-refractivity contribution in [2.45, 2.75) is 25.8 Å². The molecule has 76 valence electrons. The van der Waals surface area contributed by atoms with Gasteiger partial charge >= 0.3 is 0 Å². The van der Waals surface area contributed by atoms with E-state index in [9.17, 15) is 0 Å². The number of rotatable bonds is 2. The maximum absolute atomic E-state index is 6.14. The van der Waals surface area contributed by atoms with E-state index in [2.05, 4.69) is 18.3 Å². The number of fused-ring (bicyclic) bond motifs is 1. The molecule has 0 saturated carbocycles. The lowest BCUT2D eigenvalue weighted by Crippen LogP contribution is -2.18. The van der Waals surface area contributed by atoms with Gasteiger partial charge in [-0.25, -0.2) is 0 Å². The van der Waals surface area contributed by atoms with Crippen molar-refractivity contribution in [2.24, 2.45) is 0 Å². The number of hydrogen-bond acceptors (Lipinski definition) is 1. The van der Waals surface area contributed by atoms with Gasteiger partial charge < -0.3 is 5.32 Å². The molecule has 2 rings (SSSR count). The Morgan fingerprint density at radius 3 is 2.93 bits per heavy atom. The van der Waals surface area contributed by atoms with Crippen LogP contribution >= 0.6 is 23.2 Å². The highest BCUT2D eigenvalue weighted by Crippen LogP contribution is 2.38. The summed E-state index contributed by atoms with van der Waals surface area (Å²) >= 11 is 12.1. The summed E-state index contributed by atoms with van der Waals surface area (Å²) in [5.41, 5.74) is 2.55. The van der Waals surface area contributed by atoms with Crippen LogP contribution in [-0.2, 0) is 6.42 Å². The Bertz CT molecular complexity index is 349. The highest BCUT2D eigenvalue weighted by molar-refractivity contribution is 6.42. The van der Waals surface area contributed by atoms with Gasteiger partial charge in [-0.1, -0.05) is 36.2 Å². The van der Waals surface area contributed by atoms with Crippen LogP contribution in [0.4, 0.5) is 0 Å². The monoisotopic (exact) mass is 229 g/mol. The van der Waals surface area contributed by atoms with Crippen molar-refractivity contribution in [2.75, 3.05) is 6.54 Å². The van der Waals surface area contributed by atoms with Crippen LogP contribution in [0, 0.1) is 0 Å². The molecule has 3 heteroatoms. The normalized spacial score (nSPS) is 19.8. The maximum atomic E-state index is 6.14. The predicted octanol–water partition coefficient (Wildman–Crippen LogP) is 3.59. The van der Waals surface area contributed by atoms with Gasteiger partial charge in [0.2, 0.25) is 0 Å². The van der Waals surface area contributed by atoms with E-state index in [-0.39, 0.29) is 0 Å². The minimum absolute atomic E-state index is 0.463. The van der Waals surface area contributed by atoms with Gasteiger partial charge in [0, 0.05) is 6.04 Å². The number of benzene rings is 1. The van der Waals surface area contributed by atoms with E-state index in [1.165, 1.54) is 11.1 Å². The lowest BCUT2D eigenvalue weighted by atomic mass is 10.1. The highest BCUT2D eigenvalue weighted by Gasteiger charge is 2.24. The molecule has 0 heterocycles. The summed E-state index contributed by atoms with van der Waals surface area (Å²) < 4.78 is 0. The van der Waals surface area contributed by atoms with Crippen LogP contribution in [0.5, 0.6) is 0 Å². The summed E-state index contributed by atoms with van der Waals surface area (Å²) in [7, 11) is 0. The van der Waals surface area contributed by atoms with E-state index >= 15 is 0 Å². The average Bonchev–Trinajstić information content (AvgIpc) is 2.57. The number of nitrogens with one attached hydrogen (secondary N) is 1. The molecule has 0 spiro atoms. The Morgan fingerprint density at radius 1 is 1.43 bits per heavy atom. The minimum atomic E-state index is 0.463. The highest BCUT2D eigenvalue weighted by atomic mass is 35.5. The summed E-state index contributed by atoms with van der Waals surface area (Å²) in [6, 6.07) is 4.44. The first kappa shape index (κ1) is 10.3. The molecule has 0 bridgehead atoms. The fourth-order valence-electron chi connectivity index (χ4n) is 2.09. The third kappa shape index (κ3) is 1.65. The summed E-state index contributed by atoms with van der Waals surface area (Å²) in [5.74, 6) is 0. The summed E-state index contributed by atoms with van der Waals surface area (Å²) in [4.78, 5) is 0. The average molecular weight is 230 g/mol. The first-order valence-corrected chi connectivity index (χ1v) is 5.69. The SMILES string of the molecule is CCNC1CCc2c1ccc(Cl)c2Cl. The molecule has 0 fully saturated rings. The Labute approximate surface area is 94.4 Å². The standard InChI is InChI=1S/C11H13Cl2N/c1-2-14-10-6-4-8-7(10)3-5-9(12)11(8)13/h3,5,10,14H,2,4,6H2,1H3. The molecule has 1 unspecified atom stereocenters. The zero-order chi connectivity index (χ0) is 10.1. The quantitative estimate of drug-likeness (QED) is 0.818. The molecule has 1 aromatic rings. The molecule has 0 amide bonds. The smallest absolute Gasteiger partial charge is 0.0627 e. The molecule has 0 saturated heterocycles. The van der Waals surface area contributed by atoms with Crippen molar-refractivity contribution < 1.29 is 0 Å². The molecule has 1 aliphatic carbocycles. The number of halogens is 2. The maximum Gasteiger partial charge on any atom is 0.0627 e. The predicted molar refractivity (Wildman–Crippen MR) is 61.2 cm³/mol. The van der Waals surface area contributed by atoms with Crippen molar-refractivity contribution in [3.05, 3.63) is 33.3 Å². The molecule has 0 aliphatic heterocycles. The topological polar surface area (TPSA) is 12.0 Å². The Hall–Kier alpha value is -0.240. The summed E-state index contributed by atoms with van der Waals surface area (Å²) in [6.07, 6.45) is 2.16. The van der Waals surface area contributed by atoms with Crippen LogP contribution in [-0.4, -0.2) is 6.54 Å². The third-order valence-electron chi connectivity index (χ3n) is 2.74. The van der Waals surface area contributed by atoms with Crippen LogP contribution in [0.25, 0.3) is 0 Å². The van der Waals surface area contributed by atoms with Crippen LogP contribution in [0.2, 0.25) is 10.0 Å². The second kappa shape index (κ2) is 4.09. The Kier molecular flexibility index (Phi) is 3.01. The minimum Gasteiger partial charge on any atom is -0.310 e. The van der Waals surface area contributed by atoms with Crippen molar-refractivity contribution in [3.63, 3.8) is 0 Å². The molecule has 0 aromatic heterocycles. The fraction of sp³-hybridized carbons (Fsp3) is 0.455.